The van der Waals surface area contributed by atoms with E-state index in [0.717, 1.165) is 25.7 Å². The average molecular weight is 380 g/mol. The molecule has 7 nitrogen and oxygen atoms in total. The summed E-state index contributed by atoms with van der Waals surface area (Å²) < 4.78 is 29.3. The lowest BCUT2D eigenvalue weighted by atomic mass is 10.1. The Kier molecular flexibility index (Phi) is 5.50. The zero-order valence-corrected chi connectivity index (χ0v) is 15.4. The van der Waals surface area contributed by atoms with E-state index in [2.05, 4.69) is 0 Å². The van der Waals surface area contributed by atoms with Crippen molar-refractivity contribution in [2.75, 3.05) is 18.1 Å². The van der Waals surface area contributed by atoms with Gasteiger partial charge >= 0.3 is 0 Å². The molecule has 2 aliphatic rings. The van der Waals surface area contributed by atoms with Gasteiger partial charge in [0.25, 0.3) is 11.8 Å². The lowest BCUT2D eigenvalue weighted by molar-refractivity contribution is -0.137. The molecule has 8 heteroatoms. The van der Waals surface area contributed by atoms with Crippen molar-refractivity contribution >= 4 is 21.7 Å². The number of hydrogen-bond donors (Lipinski definition) is 1. The largest absolute Gasteiger partial charge is 0.483 e. The van der Waals surface area contributed by atoms with Gasteiger partial charge in [0.1, 0.15) is 5.75 Å². The van der Waals surface area contributed by atoms with Crippen molar-refractivity contribution in [2.45, 2.75) is 44.2 Å². The number of carbonyl (C=O) groups is 2. The third-order valence-electron chi connectivity index (χ3n) is 5.11. The monoisotopic (exact) mass is 380 g/mol. The second kappa shape index (κ2) is 7.65. The van der Waals surface area contributed by atoms with Crippen LogP contribution in [0.1, 0.15) is 42.5 Å². The Balaban J connectivity index is 1.73. The van der Waals surface area contributed by atoms with Gasteiger partial charge in [-0.15, -0.1) is 0 Å². The first-order chi connectivity index (χ1) is 12.4. The fraction of sp³-hybridized carbons (Fsp3) is 0.556. The Morgan fingerprint density at radius 3 is 2.42 bits per heavy atom. The standard InChI is InChI=1S/C18H24N2O5S/c19-18(22)15-7-3-4-8-16(15)25-11-17(21)20(13-5-1-2-6-13)14-9-10-26(23,24)12-14/h3-4,7-8,13-14H,1-2,5-6,9-12H2,(H2,19,22)/t14-/m1/s1. The number of nitrogens with two attached hydrogens (primary N) is 1. The van der Waals surface area contributed by atoms with E-state index in [0.29, 0.717) is 6.42 Å². The van der Waals surface area contributed by atoms with Gasteiger partial charge in [0, 0.05) is 12.1 Å². The molecule has 1 aliphatic heterocycles. The molecule has 2 fully saturated rings. The van der Waals surface area contributed by atoms with E-state index in [4.69, 9.17) is 10.5 Å². The quantitative estimate of drug-likeness (QED) is 0.796. The molecule has 1 aromatic rings. The molecule has 0 unspecified atom stereocenters. The summed E-state index contributed by atoms with van der Waals surface area (Å²) in [5.74, 6) is -0.452. The normalized spacial score (nSPS) is 22.2. The summed E-state index contributed by atoms with van der Waals surface area (Å²) in [5.41, 5.74) is 5.55. The zero-order chi connectivity index (χ0) is 18.7. The number of benzene rings is 1. The first-order valence-electron chi connectivity index (χ1n) is 8.90. The Morgan fingerprint density at radius 2 is 1.81 bits per heavy atom. The van der Waals surface area contributed by atoms with Crippen LogP contribution in [0.15, 0.2) is 24.3 Å². The Hall–Kier alpha value is -2.09. The van der Waals surface area contributed by atoms with Gasteiger partial charge in [-0.3, -0.25) is 9.59 Å². The van der Waals surface area contributed by atoms with Crippen molar-refractivity contribution in [3.8, 4) is 5.75 Å². The maximum absolute atomic E-state index is 12.9. The van der Waals surface area contributed by atoms with E-state index >= 15 is 0 Å². The minimum Gasteiger partial charge on any atom is -0.483 e. The summed E-state index contributed by atoms with van der Waals surface area (Å²) in [6.45, 7) is -0.239. The van der Waals surface area contributed by atoms with Crippen molar-refractivity contribution in [1.82, 2.24) is 4.90 Å². The summed E-state index contributed by atoms with van der Waals surface area (Å²) in [7, 11) is -3.08. The van der Waals surface area contributed by atoms with Gasteiger partial charge in [-0.05, 0) is 31.4 Å². The van der Waals surface area contributed by atoms with E-state index in [1.807, 2.05) is 0 Å². The maximum atomic E-state index is 12.9. The second-order valence-electron chi connectivity index (χ2n) is 6.95. The molecule has 26 heavy (non-hydrogen) atoms. The highest BCUT2D eigenvalue weighted by Gasteiger charge is 2.39. The van der Waals surface area contributed by atoms with Gasteiger partial charge in [0.2, 0.25) is 0 Å². The molecular formula is C18H24N2O5S. The molecule has 1 atom stereocenters. The van der Waals surface area contributed by atoms with Crippen LogP contribution in [0.25, 0.3) is 0 Å². The molecule has 0 spiro atoms. The first kappa shape index (κ1) is 18.7. The van der Waals surface area contributed by atoms with Gasteiger partial charge in [-0.25, -0.2) is 8.42 Å². The summed E-state index contributed by atoms with van der Waals surface area (Å²) in [4.78, 5) is 26.1. The number of para-hydroxylation sites is 1. The Labute approximate surface area is 153 Å². The molecule has 1 saturated heterocycles. The van der Waals surface area contributed by atoms with Crippen LogP contribution in [0.3, 0.4) is 0 Å². The van der Waals surface area contributed by atoms with E-state index < -0.39 is 15.7 Å². The van der Waals surface area contributed by atoms with Crippen LogP contribution in [0.5, 0.6) is 5.75 Å². The van der Waals surface area contributed by atoms with Crippen LogP contribution in [0.4, 0.5) is 0 Å². The topological polar surface area (TPSA) is 107 Å². The third kappa shape index (κ3) is 4.17. The highest BCUT2D eigenvalue weighted by Crippen LogP contribution is 2.29. The molecular weight excluding hydrogens is 356 g/mol. The molecule has 0 bridgehead atoms. The van der Waals surface area contributed by atoms with Gasteiger partial charge < -0.3 is 15.4 Å². The van der Waals surface area contributed by atoms with Crippen LogP contribution in [0.2, 0.25) is 0 Å². The predicted octanol–water partition coefficient (Wildman–Crippen LogP) is 1.12. The number of amides is 2. The number of hydrogen-bond acceptors (Lipinski definition) is 5. The van der Waals surface area contributed by atoms with Gasteiger partial charge in [-0.2, -0.15) is 0 Å². The van der Waals surface area contributed by atoms with Crippen molar-refractivity contribution in [2.24, 2.45) is 5.73 Å². The molecule has 1 aromatic carbocycles. The van der Waals surface area contributed by atoms with Gasteiger partial charge in [0.05, 0.1) is 17.1 Å². The summed E-state index contributed by atoms with van der Waals surface area (Å²) in [5, 5.41) is 0. The number of ether oxygens (including phenoxy) is 1. The minimum absolute atomic E-state index is 0.0209. The third-order valence-corrected chi connectivity index (χ3v) is 6.86. The minimum atomic E-state index is -3.08. The number of primary amides is 1. The van der Waals surface area contributed by atoms with Crippen molar-refractivity contribution < 1.29 is 22.7 Å². The number of nitrogens with zero attached hydrogens (tertiary/aromatic N) is 1. The lowest BCUT2D eigenvalue weighted by Gasteiger charge is -2.34. The van der Waals surface area contributed by atoms with Crippen LogP contribution in [-0.2, 0) is 14.6 Å². The maximum Gasteiger partial charge on any atom is 0.261 e. The number of rotatable bonds is 6. The molecule has 1 heterocycles. The molecule has 1 aliphatic carbocycles. The average Bonchev–Trinajstić information content (AvgIpc) is 3.23. The molecule has 2 N–H and O–H groups in total. The van der Waals surface area contributed by atoms with Crippen molar-refractivity contribution in [1.29, 1.82) is 0 Å². The number of sulfone groups is 1. The van der Waals surface area contributed by atoms with E-state index in [-0.39, 0.29) is 47.4 Å². The molecule has 1 saturated carbocycles. The Bertz CT molecular complexity index is 787. The summed E-state index contributed by atoms with van der Waals surface area (Å²) >= 11 is 0. The van der Waals surface area contributed by atoms with Crippen molar-refractivity contribution in [3.05, 3.63) is 29.8 Å². The fourth-order valence-electron chi connectivity index (χ4n) is 3.89. The summed E-state index contributed by atoms with van der Waals surface area (Å²) in [6.07, 6.45) is 4.33. The lowest BCUT2D eigenvalue weighted by Crippen LogP contribution is -2.48. The second-order valence-corrected chi connectivity index (χ2v) is 9.17. The Morgan fingerprint density at radius 1 is 1.12 bits per heavy atom. The molecule has 0 aromatic heterocycles. The smallest absolute Gasteiger partial charge is 0.261 e. The van der Waals surface area contributed by atoms with E-state index in [9.17, 15) is 18.0 Å². The van der Waals surface area contributed by atoms with Crippen molar-refractivity contribution in [3.63, 3.8) is 0 Å². The van der Waals surface area contributed by atoms with E-state index in [1.165, 1.54) is 0 Å². The zero-order valence-electron chi connectivity index (χ0n) is 14.6. The van der Waals surface area contributed by atoms with Gasteiger partial charge in [0.15, 0.2) is 16.4 Å². The van der Waals surface area contributed by atoms with Crippen LogP contribution >= 0.6 is 0 Å². The number of carbonyl (C=O) groups excluding carboxylic acids is 2. The van der Waals surface area contributed by atoms with Crippen LogP contribution in [-0.4, -0.2) is 55.3 Å². The summed E-state index contributed by atoms with van der Waals surface area (Å²) in [6, 6.07) is 6.28. The molecule has 0 radical (unpaired) electrons. The van der Waals surface area contributed by atoms with E-state index in [1.54, 1.807) is 29.2 Å². The SMILES string of the molecule is NC(=O)c1ccccc1OCC(=O)N(C1CCCC1)[C@@H]1CCS(=O)(=O)C1. The molecule has 2 amide bonds. The molecule has 3 rings (SSSR count). The van der Waals surface area contributed by atoms with Gasteiger partial charge in [-0.1, -0.05) is 25.0 Å². The molecule has 142 valence electrons. The highest BCUT2D eigenvalue weighted by atomic mass is 32.2. The van der Waals surface area contributed by atoms with Crippen LogP contribution < -0.4 is 10.5 Å². The highest BCUT2D eigenvalue weighted by molar-refractivity contribution is 7.91. The van der Waals surface area contributed by atoms with Crippen LogP contribution in [0, 0.1) is 0 Å². The first-order valence-corrected chi connectivity index (χ1v) is 10.7. The fourth-order valence-corrected chi connectivity index (χ4v) is 5.60. The predicted molar refractivity (Wildman–Crippen MR) is 96.6 cm³/mol.